The smallest absolute Gasteiger partial charge is 0.204 e. The van der Waals surface area contributed by atoms with Gasteiger partial charge in [0.2, 0.25) is 11.6 Å². The van der Waals surface area contributed by atoms with E-state index in [1.807, 2.05) is 0 Å². The molecule has 1 rings (SSSR count). The first-order valence-electron chi connectivity index (χ1n) is 4.85. The van der Waals surface area contributed by atoms with Gasteiger partial charge >= 0.3 is 0 Å². The first-order valence-corrected chi connectivity index (χ1v) is 4.85. The average molecular weight is 224 g/mol. The molecule has 6 heteroatoms. The summed E-state index contributed by atoms with van der Waals surface area (Å²) in [6.07, 6.45) is 2.58. The second-order valence-electron chi connectivity index (χ2n) is 3.55. The molecule has 0 radical (unpaired) electrons. The van der Waals surface area contributed by atoms with Gasteiger partial charge in [0.05, 0.1) is 24.7 Å². The van der Waals surface area contributed by atoms with E-state index in [0.717, 1.165) is 0 Å². The summed E-state index contributed by atoms with van der Waals surface area (Å²) in [5.41, 5.74) is 11.4. The van der Waals surface area contributed by atoms with Crippen LogP contribution in [0.2, 0.25) is 0 Å². The second kappa shape index (κ2) is 4.91. The molecule has 0 aliphatic heterocycles. The van der Waals surface area contributed by atoms with Crippen molar-refractivity contribution in [2.24, 2.45) is 11.5 Å². The topological polar surface area (TPSA) is 92.7 Å². The summed E-state index contributed by atoms with van der Waals surface area (Å²) in [5, 5.41) is 0. The van der Waals surface area contributed by atoms with Crippen LogP contribution >= 0.6 is 0 Å². The van der Waals surface area contributed by atoms with Crippen LogP contribution in [-0.2, 0) is 9.59 Å². The molecule has 0 aromatic carbocycles. The zero-order valence-electron chi connectivity index (χ0n) is 9.43. The van der Waals surface area contributed by atoms with Crippen molar-refractivity contribution in [1.82, 2.24) is 9.80 Å². The molecule has 0 atom stereocenters. The molecular weight excluding hydrogens is 208 g/mol. The fraction of sp³-hybridized carbons (Fsp3) is 0.400. The van der Waals surface area contributed by atoms with E-state index >= 15 is 0 Å². The lowest BCUT2D eigenvalue weighted by atomic mass is 10.1. The molecule has 0 heterocycles. The van der Waals surface area contributed by atoms with E-state index in [-0.39, 0.29) is 24.9 Å². The minimum atomic E-state index is -0.233. The summed E-state index contributed by atoms with van der Waals surface area (Å²) >= 11 is 0. The van der Waals surface area contributed by atoms with Gasteiger partial charge in [-0.1, -0.05) is 0 Å². The molecule has 1 aliphatic carbocycles. The number of nitrogens with two attached hydrogens (primary N) is 2. The summed E-state index contributed by atoms with van der Waals surface area (Å²) in [7, 11) is 3.31. The number of hydrogen-bond donors (Lipinski definition) is 2. The Labute approximate surface area is 94.2 Å². The van der Waals surface area contributed by atoms with E-state index in [0.29, 0.717) is 11.4 Å². The Kier molecular flexibility index (Phi) is 3.81. The number of nitrogens with zero attached hydrogens (tertiary/aromatic N) is 2. The third-order valence-corrected chi connectivity index (χ3v) is 2.41. The summed E-state index contributed by atoms with van der Waals surface area (Å²) in [6, 6.07) is 0. The number of allylic oxidation sites excluding steroid dienone is 2. The zero-order valence-corrected chi connectivity index (χ0v) is 9.43. The SMILES string of the molecule is CN(CN)C1=CC(=O)C(N(C)CN)=CC1=O. The Morgan fingerprint density at radius 3 is 1.50 bits per heavy atom. The van der Waals surface area contributed by atoms with Crippen LogP contribution in [0.1, 0.15) is 0 Å². The number of hydrogen-bond acceptors (Lipinski definition) is 6. The van der Waals surface area contributed by atoms with Gasteiger partial charge in [0, 0.05) is 26.2 Å². The highest BCUT2D eigenvalue weighted by atomic mass is 16.1. The van der Waals surface area contributed by atoms with Crippen LogP contribution in [0.15, 0.2) is 23.5 Å². The van der Waals surface area contributed by atoms with Gasteiger partial charge in [-0.05, 0) is 0 Å². The van der Waals surface area contributed by atoms with Crippen LogP contribution in [-0.4, -0.2) is 48.8 Å². The van der Waals surface area contributed by atoms with E-state index in [2.05, 4.69) is 0 Å². The first-order chi connectivity index (χ1) is 7.51. The van der Waals surface area contributed by atoms with Crippen molar-refractivity contribution < 1.29 is 9.59 Å². The fourth-order valence-electron chi connectivity index (χ4n) is 1.33. The van der Waals surface area contributed by atoms with Gasteiger partial charge in [0.1, 0.15) is 0 Å². The van der Waals surface area contributed by atoms with Gasteiger partial charge in [-0.3, -0.25) is 9.59 Å². The molecule has 0 aromatic rings. The highest BCUT2D eigenvalue weighted by molar-refractivity contribution is 6.19. The van der Waals surface area contributed by atoms with Gasteiger partial charge in [-0.2, -0.15) is 0 Å². The average Bonchev–Trinajstić information content (AvgIpc) is 2.29. The zero-order chi connectivity index (χ0) is 12.3. The van der Waals surface area contributed by atoms with Gasteiger partial charge in [-0.15, -0.1) is 0 Å². The third-order valence-electron chi connectivity index (χ3n) is 2.41. The molecule has 0 unspecified atom stereocenters. The normalized spacial score (nSPS) is 15.8. The van der Waals surface area contributed by atoms with Crippen LogP contribution in [0.4, 0.5) is 0 Å². The van der Waals surface area contributed by atoms with Crippen LogP contribution in [0.25, 0.3) is 0 Å². The first kappa shape index (κ1) is 12.4. The highest BCUT2D eigenvalue weighted by Crippen LogP contribution is 2.15. The quantitative estimate of drug-likeness (QED) is 0.451. The Morgan fingerprint density at radius 1 is 0.938 bits per heavy atom. The summed E-state index contributed by atoms with van der Waals surface area (Å²) in [4.78, 5) is 26.5. The maximum Gasteiger partial charge on any atom is 0.204 e. The monoisotopic (exact) mass is 224 g/mol. The predicted octanol–water partition coefficient (Wildman–Crippen LogP) is -1.40. The predicted molar refractivity (Wildman–Crippen MR) is 59.8 cm³/mol. The highest BCUT2D eigenvalue weighted by Gasteiger charge is 2.23. The molecular formula is C10H16N4O2. The number of rotatable bonds is 4. The van der Waals surface area contributed by atoms with E-state index < -0.39 is 0 Å². The third kappa shape index (κ3) is 2.29. The van der Waals surface area contributed by atoms with Crippen molar-refractivity contribution in [3.8, 4) is 0 Å². The standard InChI is InChI=1S/C10H16N4O2/c1-13(5-11)7-3-10(16)8(4-9(7)15)14(2)6-12/h3-4H,5-6,11-12H2,1-2H3. The lowest BCUT2D eigenvalue weighted by molar-refractivity contribution is -0.117. The number of carbonyl (C=O) groups is 2. The summed E-state index contributed by atoms with van der Waals surface area (Å²) in [6.45, 7) is 0.363. The molecule has 0 bridgehead atoms. The molecule has 0 saturated heterocycles. The molecule has 0 saturated carbocycles. The van der Waals surface area contributed by atoms with Crippen molar-refractivity contribution in [2.45, 2.75) is 0 Å². The Balaban J connectivity index is 2.96. The van der Waals surface area contributed by atoms with Gasteiger partial charge in [0.25, 0.3) is 0 Å². The molecule has 1 aliphatic rings. The number of likely N-dealkylation sites (N-methyl/N-ethyl adjacent to an activating group) is 2. The largest absolute Gasteiger partial charge is 0.359 e. The molecule has 6 nitrogen and oxygen atoms in total. The molecule has 0 fully saturated rings. The van der Waals surface area contributed by atoms with Crippen molar-refractivity contribution in [1.29, 1.82) is 0 Å². The van der Waals surface area contributed by atoms with E-state index in [1.165, 1.54) is 22.0 Å². The Hall–Kier alpha value is -1.66. The van der Waals surface area contributed by atoms with Crippen LogP contribution in [0.3, 0.4) is 0 Å². The molecule has 0 spiro atoms. The van der Waals surface area contributed by atoms with Crippen LogP contribution < -0.4 is 11.5 Å². The minimum Gasteiger partial charge on any atom is -0.359 e. The van der Waals surface area contributed by atoms with E-state index in [9.17, 15) is 9.59 Å². The summed E-state index contributed by atoms with van der Waals surface area (Å²) < 4.78 is 0. The molecule has 88 valence electrons. The Morgan fingerprint density at radius 2 is 1.25 bits per heavy atom. The van der Waals surface area contributed by atoms with Gasteiger partial charge in [-0.25, -0.2) is 0 Å². The van der Waals surface area contributed by atoms with Crippen molar-refractivity contribution in [2.75, 3.05) is 27.4 Å². The van der Waals surface area contributed by atoms with Crippen molar-refractivity contribution in [3.05, 3.63) is 23.5 Å². The van der Waals surface area contributed by atoms with Gasteiger partial charge in [0.15, 0.2) is 0 Å². The molecule has 0 aromatic heterocycles. The molecule has 0 amide bonds. The second-order valence-corrected chi connectivity index (χ2v) is 3.55. The lowest BCUT2D eigenvalue weighted by Gasteiger charge is -2.24. The van der Waals surface area contributed by atoms with E-state index in [1.54, 1.807) is 14.1 Å². The summed E-state index contributed by atoms with van der Waals surface area (Å²) in [5.74, 6) is -0.467. The molecule has 4 N–H and O–H groups in total. The number of carbonyl (C=O) groups excluding carboxylic acids is 2. The maximum atomic E-state index is 11.7. The van der Waals surface area contributed by atoms with Crippen molar-refractivity contribution >= 4 is 11.6 Å². The van der Waals surface area contributed by atoms with Gasteiger partial charge < -0.3 is 21.3 Å². The molecule has 16 heavy (non-hydrogen) atoms. The fourth-order valence-corrected chi connectivity index (χ4v) is 1.33. The van der Waals surface area contributed by atoms with Crippen molar-refractivity contribution in [3.63, 3.8) is 0 Å². The lowest BCUT2D eigenvalue weighted by Crippen LogP contribution is -2.35. The number of ketones is 2. The maximum absolute atomic E-state index is 11.7. The minimum absolute atomic E-state index is 0.181. The van der Waals surface area contributed by atoms with Crippen LogP contribution in [0, 0.1) is 0 Å². The Bertz CT molecular complexity index is 337. The van der Waals surface area contributed by atoms with Crippen LogP contribution in [0.5, 0.6) is 0 Å². The van der Waals surface area contributed by atoms with E-state index in [4.69, 9.17) is 11.5 Å².